The number of nitrogens with one attached hydrogen (secondary N) is 1. The molecule has 0 saturated carbocycles. The van der Waals surface area contributed by atoms with Crippen molar-refractivity contribution in [3.8, 4) is 11.5 Å². The van der Waals surface area contributed by atoms with E-state index in [1.807, 2.05) is 43.3 Å². The van der Waals surface area contributed by atoms with Gasteiger partial charge in [0.25, 0.3) is 0 Å². The zero-order valence-electron chi connectivity index (χ0n) is 13.2. The first-order valence-corrected chi connectivity index (χ1v) is 7.15. The molecular weight excluding hydrogens is 278 g/mol. The summed E-state index contributed by atoms with van der Waals surface area (Å²) in [6.07, 6.45) is 0.312. The highest BCUT2D eigenvalue weighted by atomic mass is 16.5. The lowest BCUT2D eigenvalue weighted by atomic mass is 10.1. The van der Waals surface area contributed by atoms with Crippen LogP contribution in [-0.4, -0.2) is 20.1 Å². The minimum Gasteiger partial charge on any atom is -0.493 e. The Balaban J connectivity index is 1.94. The van der Waals surface area contributed by atoms with Gasteiger partial charge >= 0.3 is 0 Å². The van der Waals surface area contributed by atoms with Crippen molar-refractivity contribution < 1.29 is 14.3 Å². The van der Waals surface area contributed by atoms with Gasteiger partial charge in [-0.15, -0.1) is 0 Å². The van der Waals surface area contributed by atoms with Gasteiger partial charge in [0, 0.05) is 6.54 Å². The molecular formula is C18H21NO3. The van der Waals surface area contributed by atoms with Crippen LogP contribution in [0, 0.1) is 6.92 Å². The van der Waals surface area contributed by atoms with Crippen molar-refractivity contribution in [2.24, 2.45) is 0 Å². The number of amides is 1. The number of carbonyl (C=O) groups excluding carboxylic acids is 1. The topological polar surface area (TPSA) is 47.6 Å². The molecule has 0 spiro atoms. The van der Waals surface area contributed by atoms with E-state index in [9.17, 15) is 4.79 Å². The van der Waals surface area contributed by atoms with Crippen molar-refractivity contribution in [1.82, 2.24) is 5.32 Å². The van der Waals surface area contributed by atoms with Crippen LogP contribution in [0.1, 0.15) is 16.7 Å². The molecule has 116 valence electrons. The predicted octanol–water partition coefficient (Wildman–Crippen LogP) is 2.87. The maximum atomic E-state index is 12.0. The molecule has 1 N–H and O–H groups in total. The Kier molecular flexibility index (Phi) is 5.42. The number of rotatable bonds is 6. The van der Waals surface area contributed by atoms with E-state index in [0.717, 1.165) is 11.1 Å². The van der Waals surface area contributed by atoms with E-state index in [2.05, 4.69) is 11.4 Å². The van der Waals surface area contributed by atoms with Crippen LogP contribution in [0.4, 0.5) is 0 Å². The third kappa shape index (κ3) is 4.25. The first-order valence-electron chi connectivity index (χ1n) is 7.15. The molecule has 0 bridgehead atoms. The highest BCUT2D eigenvalue weighted by molar-refractivity contribution is 5.78. The number of methoxy groups -OCH3 is 2. The molecule has 22 heavy (non-hydrogen) atoms. The van der Waals surface area contributed by atoms with Gasteiger partial charge in [0.1, 0.15) is 0 Å². The van der Waals surface area contributed by atoms with Gasteiger partial charge in [-0.25, -0.2) is 0 Å². The van der Waals surface area contributed by atoms with Crippen LogP contribution in [0.25, 0.3) is 0 Å². The summed E-state index contributed by atoms with van der Waals surface area (Å²) in [5, 5.41) is 2.93. The highest BCUT2D eigenvalue weighted by Crippen LogP contribution is 2.27. The number of benzene rings is 2. The zero-order chi connectivity index (χ0) is 15.9. The quantitative estimate of drug-likeness (QED) is 0.892. The fraction of sp³-hybridized carbons (Fsp3) is 0.278. The summed E-state index contributed by atoms with van der Waals surface area (Å²) < 4.78 is 10.4. The Morgan fingerprint density at radius 2 is 1.77 bits per heavy atom. The van der Waals surface area contributed by atoms with Crippen LogP contribution in [0.5, 0.6) is 11.5 Å². The third-order valence-electron chi connectivity index (χ3n) is 3.38. The summed E-state index contributed by atoms with van der Waals surface area (Å²) in [4.78, 5) is 12.0. The normalized spacial score (nSPS) is 10.1. The van der Waals surface area contributed by atoms with Crippen LogP contribution in [0.3, 0.4) is 0 Å². The number of hydrogen-bond acceptors (Lipinski definition) is 3. The SMILES string of the molecule is COc1ccc(CC(=O)NCc2cccc(C)c2)cc1OC. The smallest absolute Gasteiger partial charge is 0.224 e. The van der Waals surface area contributed by atoms with Crippen LogP contribution in [0.2, 0.25) is 0 Å². The molecule has 0 aliphatic heterocycles. The summed E-state index contributed by atoms with van der Waals surface area (Å²) in [7, 11) is 3.17. The van der Waals surface area contributed by atoms with Crippen molar-refractivity contribution >= 4 is 5.91 Å². The summed E-state index contributed by atoms with van der Waals surface area (Å²) in [6.45, 7) is 2.57. The monoisotopic (exact) mass is 299 g/mol. The first kappa shape index (κ1) is 15.9. The van der Waals surface area contributed by atoms with Gasteiger partial charge < -0.3 is 14.8 Å². The lowest BCUT2D eigenvalue weighted by Gasteiger charge is -2.10. The van der Waals surface area contributed by atoms with E-state index in [1.54, 1.807) is 14.2 Å². The second kappa shape index (κ2) is 7.50. The van der Waals surface area contributed by atoms with Crippen LogP contribution in [-0.2, 0) is 17.8 Å². The number of carbonyl (C=O) groups is 1. The maximum Gasteiger partial charge on any atom is 0.224 e. The van der Waals surface area contributed by atoms with Crippen molar-refractivity contribution in [2.45, 2.75) is 19.9 Å². The molecule has 2 aromatic rings. The molecule has 0 saturated heterocycles. The molecule has 0 fully saturated rings. The third-order valence-corrected chi connectivity index (χ3v) is 3.38. The second-order valence-corrected chi connectivity index (χ2v) is 5.13. The molecule has 0 aliphatic rings. The van der Waals surface area contributed by atoms with E-state index < -0.39 is 0 Å². The largest absolute Gasteiger partial charge is 0.493 e. The number of aryl methyl sites for hydroxylation is 1. The summed E-state index contributed by atoms with van der Waals surface area (Å²) in [6, 6.07) is 13.6. The molecule has 1 amide bonds. The number of ether oxygens (including phenoxy) is 2. The van der Waals surface area contributed by atoms with Crippen molar-refractivity contribution in [3.63, 3.8) is 0 Å². The Labute approximate surface area is 131 Å². The summed E-state index contributed by atoms with van der Waals surface area (Å²) >= 11 is 0. The predicted molar refractivity (Wildman–Crippen MR) is 86.3 cm³/mol. The first-order chi connectivity index (χ1) is 10.6. The van der Waals surface area contributed by atoms with Crippen molar-refractivity contribution in [3.05, 3.63) is 59.2 Å². The fourth-order valence-electron chi connectivity index (χ4n) is 2.26. The molecule has 0 aliphatic carbocycles. The molecule has 4 nitrogen and oxygen atoms in total. The van der Waals surface area contributed by atoms with Crippen LogP contribution >= 0.6 is 0 Å². The minimum absolute atomic E-state index is 0.0197. The van der Waals surface area contributed by atoms with E-state index in [4.69, 9.17) is 9.47 Å². The highest BCUT2D eigenvalue weighted by Gasteiger charge is 2.08. The van der Waals surface area contributed by atoms with Crippen molar-refractivity contribution in [1.29, 1.82) is 0 Å². The van der Waals surface area contributed by atoms with E-state index in [0.29, 0.717) is 24.5 Å². The van der Waals surface area contributed by atoms with Crippen molar-refractivity contribution in [2.75, 3.05) is 14.2 Å². The standard InChI is InChI=1S/C18H21NO3/c1-13-5-4-6-15(9-13)12-19-18(20)11-14-7-8-16(21-2)17(10-14)22-3/h4-10H,11-12H2,1-3H3,(H,19,20). The Morgan fingerprint density at radius 1 is 1.00 bits per heavy atom. The lowest BCUT2D eigenvalue weighted by Crippen LogP contribution is -2.24. The summed E-state index contributed by atoms with van der Waals surface area (Å²) in [5.74, 6) is 1.27. The molecule has 0 aromatic heterocycles. The molecule has 0 atom stereocenters. The molecule has 0 unspecified atom stereocenters. The van der Waals surface area contributed by atoms with Crippen LogP contribution in [0.15, 0.2) is 42.5 Å². The zero-order valence-corrected chi connectivity index (χ0v) is 13.2. The molecule has 2 aromatic carbocycles. The Bertz CT molecular complexity index is 653. The van der Waals surface area contributed by atoms with Gasteiger partial charge in [0.15, 0.2) is 11.5 Å². The second-order valence-electron chi connectivity index (χ2n) is 5.13. The molecule has 4 heteroatoms. The van der Waals surface area contributed by atoms with E-state index in [1.165, 1.54) is 5.56 Å². The molecule has 2 rings (SSSR count). The summed E-state index contributed by atoms with van der Waals surface area (Å²) in [5.41, 5.74) is 3.17. The maximum absolute atomic E-state index is 12.0. The van der Waals surface area contributed by atoms with Gasteiger partial charge in [0.2, 0.25) is 5.91 Å². The lowest BCUT2D eigenvalue weighted by molar-refractivity contribution is -0.120. The van der Waals surface area contributed by atoms with Gasteiger partial charge in [-0.3, -0.25) is 4.79 Å². The van der Waals surface area contributed by atoms with Gasteiger partial charge in [-0.2, -0.15) is 0 Å². The van der Waals surface area contributed by atoms with Gasteiger partial charge in [-0.1, -0.05) is 35.9 Å². The Hall–Kier alpha value is -2.49. The van der Waals surface area contributed by atoms with Gasteiger partial charge in [0.05, 0.1) is 20.6 Å². The van der Waals surface area contributed by atoms with E-state index in [-0.39, 0.29) is 5.91 Å². The number of hydrogen-bond donors (Lipinski definition) is 1. The average Bonchev–Trinajstić information content (AvgIpc) is 2.53. The molecule has 0 heterocycles. The molecule has 0 radical (unpaired) electrons. The average molecular weight is 299 g/mol. The van der Waals surface area contributed by atoms with Gasteiger partial charge in [-0.05, 0) is 30.2 Å². The van der Waals surface area contributed by atoms with Crippen LogP contribution < -0.4 is 14.8 Å². The fourth-order valence-corrected chi connectivity index (χ4v) is 2.26. The minimum atomic E-state index is -0.0197. The van der Waals surface area contributed by atoms with E-state index >= 15 is 0 Å². The Morgan fingerprint density at radius 3 is 2.45 bits per heavy atom.